The molecule has 11 heteroatoms. The first-order valence-corrected chi connectivity index (χ1v) is 13.8. The lowest BCUT2D eigenvalue weighted by molar-refractivity contribution is -0.678. The standard InChI is InChI=1S/C24H33ClN3O6S/c1-16(2)32-24(31-4)28-11-9-17(10-12-28)33-22-14-23(27(3)15-26-22)34-21-8-7-19(13-20(21)25)35(29,30)18-5-6-18/h7-8,13-18,24H,5-6,9-12H2,1-4H3/q+1. The van der Waals surface area contributed by atoms with E-state index in [0.717, 1.165) is 25.9 Å². The van der Waals surface area contributed by atoms with Gasteiger partial charge in [0.1, 0.15) is 17.9 Å². The van der Waals surface area contributed by atoms with Crippen LogP contribution in [0.4, 0.5) is 0 Å². The molecular weight excluding hydrogens is 494 g/mol. The molecule has 192 valence electrons. The van der Waals surface area contributed by atoms with E-state index in [1.165, 1.54) is 12.1 Å². The zero-order valence-electron chi connectivity index (χ0n) is 20.5. The number of aryl methyl sites for hydroxylation is 1. The Kier molecular flexibility index (Phi) is 8.17. The molecule has 1 aromatic carbocycles. The quantitative estimate of drug-likeness (QED) is 0.343. The first-order chi connectivity index (χ1) is 16.7. The average molecular weight is 527 g/mol. The minimum Gasteiger partial charge on any atom is -0.456 e. The molecular formula is C24H33ClN3O6S+. The molecule has 1 saturated carbocycles. The summed E-state index contributed by atoms with van der Waals surface area (Å²) in [6.07, 6.45) is 4.35. The monoisotopic (exact) mass is 526 g/mol. The Balaban J connectivity index is 1.39. The third-order valence-electron chi connectivity index (χ3n) is 6.01. The number of piperidine rings is 1. The van der Waals surface area contributed by atoms with E-state index >= 15 is 0 Å². The van der Waals surface area contributed by atoms with Crippen molar-refractivity contribution in [2.45, 2.75) is 68.3 Å². The molecule has 0 spiro atoms. The molecule has 35 heavy (non-hydrogen) atoms. The number of ether oxygens (including phenoxy) is 4. The topological polar surface area (TPSA) is 91.1 Å². The number of aromatic nitrogens is 2. The summed E-state index contributed by atoms with van der Waals surface area (Å²) in [7, 11) is 0.124. The minimum absolute atomic E-state index is 0.00589. The second-order valence-corrected chi connectivity index (χ2v) is 11.8. The second-order valence-electron chi connectivity index (χ2n) is 9.20. The Morgan fingerprint density at radius 1 is 1.14 bits per heavy atom. The molecule has 4 rings (SSSR count). The lowest BCUT2D eigenvalue weighted by Gasteiger charge is -2.36. The van der Waals surface area contributed by atoms with Crippen LogP contribution >= 0.6 is 11.6 Å². The van der Waals surface area contributed by atoms with Crippen molar-refractivity contribution >= 4 is 21.4 Å². The molecule has 2 aliphatic rings. The first-order valence-electron chi connectivity index (χ1n) is 11.8. The number of nitrogens with zero attached hydrogens (tertiary/aromatic N) is 3. The van der Waals surface area contributed by atoms with Gasteiger partial charge in [0.25, 0.3) is 12.2 Å². The molecule has 0 N–H and O–H groups in total. The normalized spacial score (nSPS) is 18.6. The van der Waals surface area contributed by atoms with Crippen LogP contribution in [-0.4, -0.2) is 62.4 Å². The zero-order valence-corrected chi connectivity index (χ0v) is 22.1. The van der Waals surface area contributed by atoms with Crippen molar-refractivity contribution in [1.29, 1.82) is 0 Å². The third kappa shape index (κ3) is 6.42. The van der Waals surface area contributed by atoms with Gasteiger partial charge in [-0.15, -0.1) is 0 Å². The summed E-state index contributed by atoms with van der Waals surface area (Å²) < 4.78 is 50.1. The predicted octanol–water partition coefficient (Wildman–Crippen LogP) is 3.49. The molecule has 9 nitrogen and oxygen atoms in total. The average Bonchev–Trinajstić information content (AvgIpc) is 3.67. The van der Waals surface area contributed by atoms with Crippen LogP contribution in [0.5, 0.6) is 17.5 Å². The van der Waals surface area contributed by atoms with Gasteiger partial charge in [0.15, 0.2) is 9.84 Å². The highest BCUT2D eigenvalue weighted by atomic mass is 35.5. The molecule has 1 aliphatic heterocycles. The van der Waals surface area contributed by atoms with Crippen molar-refractivity contribution in [3.63, 3.8) is 0 Å². The summed E-state index contributed by atoms with van der Waals surface area (Å²) in [5.41, 5.74) is 0. The molecule has 0 bridgehead atoms. The predicted molar refractivity (Wildman–Crippen MR) is 129 cm³/mol. The Morgan fingerprint density at radius 2 is 1.86 bits per heavy atom. The van der Waals surface area contributed by atoms with E-state index in [4.69, 9.17) is 30.5 Å². The minimum atomic E-state index is -3.32. The third-order valence-corrected chi connectivity index (χ3v) is 8.57. The van der Waals surface area contributed by atoms with Gasteiger partial charge in [-0.2, -0.15) is 0 Å². The van der Waals surface area contributed by atoms with Crippen molar-refractivity contribution in [2.24, 2.45) is 7.05 Å². The maximum atomic E-state index is 12.5. The summed E-state index contributed by atoms with van der Waals surface area (Å²) in [6, 6.07) is 6.28. The summed E-state index contributed by atoms with van der Waals surface area (Å²) in [5.74, 6) is 1.28. The number of hydrogen-bond acceptors (Lipinski definition) is 8. The van der Waals surface area contributed by atoms with Gasteiger partial charge in [-0.25, -0.2) is 13.0 Å². The van der Waals surface area contributed by atoms with E-state index in [9.17, 15) is 8.42 Å². The molecule has 1 aliphatic carbocycles. The molecule has 2 aromatic rings. The number of methoxy groups -OCH3 is 1. The smallest absolute Gasteiger partial charge is 0.335 e. The van der Waals surface area contributed by atoms with Gasteiger partial charge in [0.05, 0.1) is 28.3 Å². The zero-order chi connectivity index (χ0) is 25.2. The summed E-state index contributed by atoms with van der Waals surface area (Å²) in [5, 5.41) is -0.0623. The summed E-state index contributed by atoms with van der Waals surface area (Å²) >= 11 is 6.37. The lowest BCUT2D eigenvalue weighted by Crippen LogP contribution is -2.47. The lowest BCUT2D eigenvalue weighted by atomic mass is 10.1. The fourth-order valence-electron chi connectivity index (χ4n) is 3.93. The van der Waals surface area contributed by atoms with E-state index < -0.39 is 9.84 Å². The highest BCUT2D eigenvalue weighted by molar-refractivity contribution is 7.92. The highest BCUT2D eigenvalue weighted by Crippen LogP contribution is 2.37. The van der Waals surface area contributed by atoms with Gasteiger partial charge in [-0.1, -0.05) is 11.6 Å². The van der Waals surface area contributed by atoms with Crippen molar-refractivity contribution in [1.82, 2.24) is 9.88 Å². The molecule has 2 fully saturated rings. The SMILES string of the molecule is COC(OC(C)C)N1CCC(Oc2cc(Oc3ccc(S(=O)(=O)C4CC4)cc3Cl)[n+](C)cn2)CC1. The number of hydrogen-bond donors (Lipinski definition) is 0. The van der Waals surface area contributed by atoms with E-state index in [1.807, 2.05) is 13.8 Å². The molecule has 1 unspecified atom stereocenters. The van der Waals surface area contributed by atoms with Crippen LogP contribution in [0.25, 0.3) is 0 Å². The number of likely N-dealkylation sites (tertiary alicyclic amines) is 1. The molecule has 1 atom stereocenters. The van der Waals surface area contributed by atoms with E-state index in [1.54, 1.807) is 37.2 Å². The number of sulfone groups is 1. The van der Waals surface area contributed by atoms with Crippen molar-refractivity contribution in [2.75, 3.05) is 20.2 Å². The Bertz CT molecular complexity index is 1130. The van der Waals surface area contributed by atoms with Gasteiger partial charge in [-0.05, 0) is 62.7 Å². The summed E-state index contributed by atoms with van der Waals surface area (Å²) in [6.45, 7) is 5.54. The van der Waals surface area contributed by atoms with Crippen molar-refractivity contribution in [3.8, 4) is 17.5 Å². The Labute approximate surface area is 211 Å². The van der Waals surface area contributed by atoms with Gasteiger partial charge in [0, 0.05) is 20.2 Å². The molecule has 1 saturated heterocycles. The number of rotatable bonds is 10. The van der Waals surface area contributed by atoms with Crippen molar-refractivity contribution in [3.05, 3.63) is 35.6 Å². The Morgan fingerprint density at radius 3 is 2.46 bits per heavy atom. The molecule has 1 aromatic heterocycles. The van der Waals surface area contributed by atoms with Gasteiger partial charge in [0.2, 0.25) is 6.41 Å². The van der Waals surface area contributed by atoms with Crippen LogP contribution in [0.3, 0.4) is 0 Å². The highest BCUT2D eigenvalue weighted by Gasteiger charge is 2.37. The van der Waals surface area contributed by atoms with E-state index in [2.05, 4.69) is 9.88 Å². The first kappa shape index (κ1) is 26.1. The van der Waals surface area contributed by atoms with E-state index in [-0.39, 0.29) is 33.8 Å². The Hall–Kier alpha value is -1.98. The van der Waals surface area contributed by atoms with Gasteiger partial charge >= 0.3 is 5.88 Å². The number of halogens is 1. The fourth-order valence-corrected chi connectivity index (χ4v) is 5.90. The number of benzene rings is 1. The van der Waals surface area contributed by atoms with Crippen LogP contribution in [0.1, 0.15) is 39.5 Å². The van der Waals surface area contributed by atoms with Crippen LogP contribution in [0, 0.1) is 0 Å². The summed E-state index contributed by atoms with van der Waals surface area (Å²) in [4.78, 5) is 6.74. The molecule has 0 radical (unpaired) electrons. The second kappa shape index (κ2) is 11.0. The molecule has 2 heterocycles. The fraction of sp³-hybridized carbons (Fsp3) is 0.583. The maximum Gasteiger partial charge on any atom is 0.335 e. The van der Waals surface area contributed by atoms with Crippen LogP contribution in [0.15, 0.2) is 35.5 Å². The van der Waals surface area contributed by atoms with Gasteiger partial charge < -0.3 is 18.9 Å². The largest absolute Gasteiger partial charge is 0.456 e. The molecule has 0 amide bonds. The van der Waals surface area contributed by atoms with Gasteiger partial charge in [-0.3, -0.25) is 4.90 Å². The van der Waals surface area contributed by atoms with Crippen LogP contribution in [0.2, 0.25) is 5.02 Å². The van der Waals surface area contributed by atoms with Crippen molar-refractivity contribution < 1.29 is 31.9 Å². The van der Waals surface area contributed by atoms with E-state index in [0.29, 0.717) is 30.4 Å². The van der Waals surface area contributed by atoms with Crippen LogP contribution < -0.4 is 14.0 Å². The van der Waals surface area contributed by atoms with Crippen LogP contribution in [-0.2, 0) is 26.4 Å². The maximum absolute atomic E-state index is 12.5.